The number of hydrogen-bond acceptors (Lipinski definition) is 5. The average Bonchev–Trinajstić information content (AvgIpc) is 2.30. The lowest BCUT2D eigenvalue weighted by Gasteiger charge is -2.09. The van der Waals surface area contributed by atoms with E-state index in [0.717, 1.165) is 12.3 Å². The highest BCUT2D eigenvalue weighted by Gasteiger charge is 2.18. The minimum Gasteiger partial charge on any atom is -0.395 e. The molecule has 0 heterocycles. The van der Waals surface area contributed by atoms with Crippen molar-refractivity contribution >= 4 is 25.7 Å². The molecule has 0 fully saturated rings. The predicted octanol–water partition coefficient (Wildman–Crippen LogP) is -0.374. The highest BCUT2D eigenvalue weighted by molar-refractivity contribution is 7.89. The number of rotatable bonds is 7. The Morgan fingerprint density at radius 1 is 1.15 bits per heavy atom. The van der Waals surface area contributed by atoms with Crippen molar-refractivity contribution in [3.8, 4) is 0 Å². The molecule has 20 heavy (non-hydrogen) atoms. The minimum atomic E-state index is -3.92. The van der Waals surface area contributed by atoms with Crippen LogP contribution in [0.2, 0.25) is 0 Å². The summed E-state index contributed by atoms with van der Waals surface area (Å²) in [6.45, 7) is 0.0980. The van der Waals surface area contributed by atoms with Gasteiger partial charge in [-0.1, -0.05) is 6.07 Å². The summed E-state index contributed by atoms with van der Waals surface area (Å²) in [4.78, 5) is -0.339. The maximum absolute atomic E-state index is 13.2. The topological polar surface area (TPSA) is 118 Å². The summed E-state index contributed by atoms with van der Waals surface area (Å²) in [5.41, 5.74) is 4.92. The standard InChI is InChI=1S/C10H16FN3O4S2/c1-19(15,16)13-6-3-7-14-20(17,18)9-5-2-4-8(11)10(9)12/h2,4-5,13-14H,3,6-7,12H2,1H3. The van der Waals surface area contributed by atoms with E-state index in [0.29, 0.717) is 0 Å². The van der Waals surface area contributed by atoms with Crippen molar-refractivity contribution in [2.75, 3.05) is 25.1 Å². The molecule has 114 valence electrons. The minimum absolute atomic E-state index is 0.000800. The van der Waals surface area contributed by atoms with Crippen LogP contribution in [-0.2, 0) is 20.0 Å². The number of para-hydroxylation sites is 1. The van der Waals surface area contributed by atoms with E-state index >= 15 is 0 Å². The van der Waals surface area contributed by atoms with Gasteiger partial charge in [-0.25, -0.2) is 30.7 Å². The van der Waals surface area contributed by atoms with Gasteiger partial charge in [-0.15, -0.1) is 0 Å². The third kappa shape index (κ3) is 5.04. The zero-order valence-corrected chi connectivity index (χ0v) is 12.4. The van der Waals surface area contributed by atoms with Gasteiger partial charge in [-0.2, -0.15) is 0 Å². The number of hydrogen-bond donors (Lipinski definition) is 3. The molecule has 0 bridgehead atoms. The molecule has 0 saturated heterocycles. The summed E-state index contributed by atoms with van der Waals surface area (Å²) in [6, 6.07) is 3.49. The van der Waals surface area contributed by atoms with Crippen LogP contribution in [0.4, 0.5) is 10.1 Å². The van der Waals surface area contributed by atoms with E-state index < -0.39 is 31.6 Å². The molecule has 0 aliphatic heterocycles. The average molecular weight is 325 g/mol. The molecule has 0 aliphatic rings. The molecule has 10 heteroatoms. The van der Waals surface area contributed by atoms with E-state index in [-0.39, 0.29) is 24.4 Å². The fourth-order valence-corrected chi connectivity index (χ4v) is 3.11. The van der Waals surface area contributed by atoms with Crippen LogP contribution in [-0.4, -0.2) is 36.2 Å². The van der Waals surface area contributed by atoms with E-state index in [4.69, 9.17) is 5.73 Å². The Hall–Kier alpha value is -1.23. The van der Waals surface area contributed by atoms with Crippen LogP contribution >= 0.6 is 0 Å². The summed E-state index contributed by atoms with van der Waals surface area (Å²) in [5, 5.41) is 0. The van der Waals surface area contributed by atoms with Gasteiger partial charge in [0, 0.05) is 13.1 Å². The van der Waals surface area contributed by atoms with Crippen molar-refractivity contribution in [3.05, 3.63) is 24.0 Å². The van der Waals surface area contributed by atoms with Gasteiger partial charge >= 0.3 is 0 Å². The van der Waals surface area contributed by atoms with Crippen molar-refractivity contribution in [1.82, 2.24) is 9.44 Å². The Labute approximate surface area is 117 Å². The van der Waals surface area contributed by atoms with Crippen LogP contribution in [0.1, 0.15) is 6.42 Å². The second-order valence-corrected chi connectivity index (χ2v) is 7.64. The lowest BCUT2D eigenvalue weighted by molar-refractivity contribution is 0.573. The van der Waals surface area contributed by atoms with E-state index in [1.807, 2.05) is 0 Å². The Kier molecular flexibility index (Phi) is 5.45. The summed E-state index contributed by atoms with van der Waals surface area (Å²) >= 11 is 0. The molecule has 0 unspecified atom stereocenters. The Morgan fingerprint density at radius 3 is 2.35 bits per heavy atom. The number of nitrogen functional groups attached to an aromatic ring is 1. The molecular formula is C10H16FN3O4S2. The molecule has 0 amide bonds. The highest BCUT2D eigenvalue weighted by Crippen LogP contribution is 2.20. The molecule has 0 atom stereocenters. The van der Waals surface area contributed by atoms with Crippen LogP contribution in [0.5, 0.6) is 0 Å². The van der Waals surface area contributed by atoms with Crippen molar-refractivity contribution in [1.29, 1.82) is 0 Å². The number of sulfonamides is 2. The maximum atomic E-state index is 13.2. The molecule has 1 rings (SSSR count). The van der Waals surface area contributed by atoms with Crippen LogP contribution in [0, 0.1) is 5.82 Å². The van der Waals surface area contributed by atoms with Gasteiger partial charge in [0.15, 0.2) is 0 Å². The summed E-state index contributed by atoms with van der Waals surface area (Å²) in [6.07, 6.45) is 1.26. The van der Waals surface area contributed by atoms with Gasteiger partial charge in [-0.3, -0.25) is 0 Å². The normalized spacial score (nSPS) is 12.5. The Morgan fingerprint density at radius 2 is 1.75 bits per heavy atom. The zero-order chi connectivity index (χ0) is 15.4. The van der Waals surface area contributed by atoms with Crippen molar-refractivity contribution < 1.29 is 21.2 Å². The quantitative estimate of drug-likeness (QED) is 0.467. The molecule has 0 spiro atoms. The fraction of sp³-hybridized carbons (Fsp3) is 0.400. The first kappa shape index (κ1) is 16.8. The summed E-state index contributed by atoms with van der Waals surface area (Å²) in [7, 11) is -7.22. The van der Waals surface area contributed by atoms with Crippen molar-refractivity contribution in [3.63, 3.8) is 0 Å². The molecule has 0 saturated carbocycles. The van der Waals surface area contributed by atoms with Crippen molar-refractivity contribution in [2.45, 2.75) is 11.3 Å². The third-order valence-electron chi connectivity index (χ3n) is 2.31. The van der Waals surface area contributed by atoms with Gasteiger partial charge in [0.1, 0.15) is 10.7 Å². The van der Waals surface area contributed by atoms with E-state index in [2.05, 4.69) is 9.44 Å². The lowest BCUT2D eigenvalue weighted by atomic mass is 10.3. The largest absolute Gasteiger partial charge is 0.395 e. The first-order valence-electron chi connectivity index (χ1n) is 5.62. The first-order valence-corrected chi connectivity index (χ1v) is 8.99. The Balaban J connectivity index is 2.61. The molecule has 4 N–H and O–H groups in total. The highest BCUT2D eigenvalue weighted by atomic mass is 32.2. The summed E-state index contributed by atoms with van der Waals surface area (Å²) in [5.74, 6) is -0.813. The van der Waals surface area contributed by atoms with E-state index in [1.165, 1.54) is 12.1 Å². The smallest absolute Gasteiger partial charge is 0.242 e. The molecule has 7 nitrogen and oxygen atoms in total. The number of anilines is 1. The van der Waals surface area contributed by atoms with Crippen LogP contribution in [0.3, 0.4) is 0 Å². The van der Waals surface area contributed by atoms with E-state index in [9.17, 15) is 21.2 Å². The monoisotopic (exact) mass is 325 g/mol. The third-order valence-corrected chi connectivity index (χ3v) is 4.56. The second-order valence-electron chi connectivity index (χ2n) is 4.07. The van der Waals surface area contributed by atoms with Crippen LogP contribution in [0.25, 0.3) is 0 Å². The fourth-order valence-electron chi connectivity index (χ4n) is 1.38. The number of benzene rings is 1. The Bertz CT molecular complexity index is 674. The maximum Gasteiger partial charge on any atom is 0.242 e. The van der Waals surface area contributed by atoms with Crippen LogP contribution < -0.4 is 15.2 Å². The van der Waals surface area contributed by atoms with Gasteiger partial charge < -0.3 is 5.73 Å². The molecule has 0 aliphatic carbocycles. The molecule has 0 radical (unpaired) electrons. The lowest BCUT2D eigenvalue weighted by Crippen LogP contribution is -2.29. The number of nitrogens with two attached hydrogens (primary N) is 1. The van der Waals surface area contributed by atoms with Crippen molar-refractivity contribution in [2.24, 2.45) is 0 Å². The molecular weight excluding hydrogens is 309 g/mol. The number of halogens is 1. The predicted molar refractivity (Wildman–Crippen MR) is 73.5 cm³/mol. The zero-order valence-electron chi connectivity index (χ0n) is 10.8. The van der Waals surface area contributed by atoms with Crippen LogP contribution in [0.15, 0.2) is 23.1 Å². The van der Waals surface area contributed by atoms with Gasteiger partial charge in [0.2, 0.25) is 20.0 Å². The number of nitrogens with one attached hydrogen (secondary N) is 2. The molecule has 1 aromatic rings. The van der Waals surface area contributed by atoms with E-state index in [1.54, 1.807) is 0 Å². The molecule has 0 aromatic heterocycles. The first-order chi connectivity index (χ1) is 9.13. The van der Waals surface area contributed by atoms with Gasteiger partial charge in [0.25, 0.3) is 0 Å². The second kappa shape index (κ2) is 6.48. The SMILES string of the molecule is CS(=O)(=O)NCCCNS(=O)(=O)c1cccc(F)c1N. The van der Waals surface area contributed by atoms with Gasteiger partial charge in [0.05, 0.1) is 11.9 Å². The summed E-state index contributed by atoms with van der Waals surface area (Å²) < 4.78 is 62.9. The van der Waals surface area contributed by atoms with Gasteiger partial charge in [-0.05, 0) is 18.6 Å². The molecule has 1 aromatic carbocycles.